The second-order valence-corrected chi connectivity index (χ2v) is 4.55. The zero-order chi connectivity index (χ0) is 14.0. The minimum Gasteiger partial charge on any atom is -0.480 e. The highest BCUT2D eigenvalue weighted by Gasteiger charge is 2.38. The van der Waals surface area contributed by atoms with Crippen molar-refractivity contribution in [3.63, 3.8) is 0 Å². The van der Waals surface area contributed by atoms with Crippen LogP contribution in [0.25, 0.3) is 0 Å². The Bertz CT molecular complexity index is 488. The molecule has 0 spiro atoms. The molecular weight excluding hydrogens is 250 g/mol. The van der Waals surface area contributed by atoms with Crippen molar-refractivity contribution in [1.29, 1.82) is 0 Å². The lowest BCUT2D eigenvalue weighted by Crippen LogP contribution is -2.41. The maximum Gasteiger partial charge on any atom is 0.326 e. The number of aromatic nitrogens is 1. The van der Waals surface area contributed by atoms with Crippen molar-refractivity contribution in [2.24, 2.45) is 0 Å². The van der Waals surface area contributed by atoms with E-state index in [9.17, 15) is 14.7 Å². The molecule has 102 valence electrons. The molecule has 1 fully saturated rings. The molecule has 1 aliphatic heterocycles. The van der Waals surface area contributed by atoms with E-state index in [1.807, 2.05) is 0 Å². The second-order valence-electron chi connectivity index (χ2n) is 4.55. The molecule has 0 aromatic carbocycles. The number of rotatable bonds is 3. The summed E-state index contributed by atoms with van der Waals surface area (Å²) in [4.78, 5) is 28.2. The van der Waals surface area contributed by atoms with Crippen molar-refractivity contribution in [3.8, 4) is 0 Å². The number of aliphatic carboxylic acids is 1. The zero-order valence-corrected chi connectivity index (χ0v) is 10.2. The Morgan fingerprint density at radius 3 is 2.79 bits per heavy atom. The lowest BCUT2D eigenvalue weighted by Gasteiger charge is -2.20. The quantitative estimate of drug-likeness (QED) is 0.662. The highest BCUT2D eigenvalue weighted by molar-refractivity contribution is 5.85. The Kier molecular flexibility index (Phi) is 3.66. The fraction of sp³-hybridized carbons (Fsp3) is 0.417. The molecule has 0 unspecified atom stereocenters. The monoisotopic (exact) mass is 265 g/mol. The molecule has 1 aliphatic rings. The van der Waals surface area contributed by atoms with Crippen LogP contribution < -0.4 is 5.73 Å². The fourth-order valence-corrected chi connectivity index (χ4v) is 2.12. The van der Waals surface area contributed by atoms with Gasteiger partial charge >= 0.3 is 5.97 Å². The number of nitrogen functional groups attached to an aromatic ring is 1. The summed E-state index contributed by atoms with van der Waals surface area (Å²) in [5.41, 5.74) is 6.51. The lowest BCUT2D eigenvalue weighted by molar-refractivity contribution is -0.148. The molecule has 0 aliphatic carbocycles. The number of carboxylic acids is 1. The molecule has 0 bridgehead atoms. The van der Waals surface area contributed by atoms with Crippen LogP contribution in [0.3, 0.4) is 0 Å². The minimum absolute atomic E-state index is 0.00319. The highest BCUT2D eigenvalue weighted by atomic mass is 16.4. The molecule has 1 saturated heterocycles. The van der Waals surface area contributed by atoms with Gasteiger partial charge in [0.15, 0.2) is 0 Å². The first-order valence-corrected chi connectivity index (χ1v) is 5.88. The maximum atomic E-state index is 12.0. The van der Waals surface area contributed by atoms with Crippen LogP contribution in [0.1, 0.15) is 12.1 Å². The predicted octanol–water partition coefficient (Wildman–Crippen LogP) is -0.747. The Hall–Kier alpha value is -2.15. The van der Waals surface area contributed by atoms with Crippen molar-refractivity contribution < 1.29 is 19.8 Å². The fourth-order valence-electron chi connectivity index (χ4n) is 2.12. The summed E-state index contributed by atoms with van der Waals surface area (Å²) in [5, 5.41) is 18.5. The Morgan fingerprint density at radius 1 is 1.47 bits per heavy atom. The van der Waals surface area contributed by atoms with Crippen LogP contribution in [0.5, 0.6) is 0 Å². The number of carboxylic acid groups (broad SMARTS) is 1. The largest absolute Gasteiger partial charge is 0.480 e. The second kappa shape index (κ2) is 5.23. The summed E-state index contributed by atoms with van der Waals surface area (Å²) in [6, 6.07) is 2.29. The molecular formula is C12H15N3O4. The first kappa shape index (κ1) is 13.3. The van der Waals surface area contributed by atoms with Crippen molar-refractivity contribution in [3.05, 3.63) is 24.0 Å². The van der Waals surface area contributed by atoms with Gasteiger partial charge in [-0.25, -0.2) is 4.79 Å². The van der Waals surface area contributed by atoms with Gasteiger partial charge in [0.25, 0.3) is 0 Å². The van der Waals surface area contributed by atoms with Crippen LogP contribution in [0, 0.1) is 0 Å². The first-order valence-electron chi connectivity index (χ1n) is 5.88. The third kappa shape index (κ3) is 3.00. The highest BCUT2D eigenvalue weighted by Crippen LogP contribution is 2.19. The van der Waals surface area contributed by atoms with Gasteiger partial charge in [0.1, 0.15) is 6.04 Å². The van der Waals surface area contributed by atoms with Gasteiger partial charge in [-0.3, -0.25) is 9.78 Å². The number of aliphatic hydroxyl groups is 1. The van der Waals surface area contributed by atoms with Crippen LogP contribution in [0.2, 0.25) is 0 Å². The number of nitrogens with two attached hydrogens (primary N) is 1. The van der Waals surface area contributed by atoms with Crippen molar-refractivity contribution in [2.75, 3.05) is 12.3 Å². The molecule has 4 N–H and O–H groups in total. The molecule has 1 aromatic rings. The molecule has 7 nitrogen and oxygen atoms in total. The molecule has 2 heterocycles. The smallest absolute Gasteiger partial charge is 0.326 e. The number of hydrogen-bond acceptors (Lipinski definition) is 5. The van der Waals surface area contributed by atoms with E-state index in [1.54, 1.807) is 12.1 Å². The standard InChI is InChI=1S/C12H15N3O4/c13-7-1-2-8(14-5-7)3-11(17)15-6-9(16)4-10(15)12(18)19/h1-2,5,9-10,16H,3-4,6,13H2,(H,18,19)/t9-,10+/m1/s1. The van der Waals surface area contributed by atoms with Crippen molar-refractivity contribution in [2.45, 2.75) is 25.0 Å². The number of carbonyl (C=O) groups excluding carboxylic acids is 1. The number of amides is 1. The molecule has 7 heteroatoms. The van der Waals surface area contributed by atoms with E-state index in [4.69, 9.17) is 10.8 Å². The predicted molar refractivity (Wildman–Crippen MR) is 66.1 cm³/mol. The van der Waals surface area contributed by atoms with Crippen LogP contribution in [-0.4, -0.2) is 50.7 Å². The number of pyridine rings is 1. The zero-order valence-electron chi connectivity index (χ0n) is 10.2. The summed E-state index contributed by atoms with van der Waals surface area (Å²) >= 11 is 0. The summed E-state index contributed by atoms with van der Waals surface area (Å²) in [6.45, 7) is 0.0464. The average molecular weight is 265 g/mol. The van der Waals surface area contributed by atoms with Gasteiger partial charge in [-0.05, 0) is 12.1 Å². The molecule has 2 atom stereocenters. The van der Waals surface area contributed by atoms with Gasteiger partial charge in [-0.1, -0.05) is 0 Å². The number of carbonyl (C=O) groups is 2. The van der Waals surface area contributed by atoms with E-state index in [1.165, 1.54) is 11.1 Å². The van der Waals surface area contributed by atoms with Crippen molar-refractivity contribution in [1.82, 2.24) is 9.88 Å². The Morgan fingerprint density at radius 2 is 2.21 bits per heavy atom. The molecule has 19 heavy (non-hydrogen) atoms. The van der Waals surface area contributed by atoms with Crippen LogP contribution in [0.4, 0.5) is 5.69 Å². The SMILES string of the molecule is Nc1ccc(CC(=O)N2C[C@H](O)C[C@H]2C(=O)O)nc1. The van der Waals surface area contributed by atoms with E-state index in [2.05, 4.69) is 4.98 Å². The number of nitrogens with zero attached hydrogens (tertiary/aromatic N) is 2. The Balaban J connectivity index is 2.06. The third-order valence-corrected chi connectivity index (χ3v) is 3.06. The maximum absolute atomic E-state index is 12.0. The summed E-state index contributed by atoms with van der Waals surface area (Å²) in [7, 11) is 0. The van der Waals surface area contributed by atoms with Crippen LogP contribution in [0.15, 0.2) is 18.3 Å². The average Bonchev–Trinajstić information content (AvgIpc) is 2.74. The van der Waals surface area contributed by atoms with E-state index < -0.39 is 18.1 Å². The van der Waals surface area contributed by atoms with Gasteiger partial charge < -0.3 is 20.8 Å². The van der Waals surface area contributed by atoms with Gasteiger partial charge in [-0.15, -0.1) is 0 Å². The number of aliphatic hydroxyl groups excluding tert-OH is 1. The third-order valence-electron chi connectivity index (χ3n) is 3.06. The first-order chi connectivity index (χ1) is 8.97. The topological polar surface area (TPSA) is 117 Å². The van der Waals surface area contributed by atoms with E-state index in [-0.39, 0.29) is 25.3 Å². The van der Waals surface area contributed by atoms with Gasteiger partial charge in [0.05, 0.1) is 24.4 Å². The van der Waals surface area contributed by atoms with Gasteiger partial charge in [-0.2, -0.15) is 0 Å². The number of likely N-dealkylation sites (tertiary alicyclic amines) is 1. The number of β-amino-alcohol motifs (C(OH)–C–C–N with tert-alkyl or cyclic N) is 1. The number of hydrogen-bond donors (Lipinski definition) is 3. The number of anilines is 1. The molecule has 2 rings (SSSR count). The van der Waals surface area contributed by atoms with Crippen LogP contribution in [-0.2, 0) is 16.0 Å². The Labute approximate surface area is 109 Å². The normalized spacial score (nSPS) is 22.5. The molecule has 0 saturated carbocycles. The summed E-state index contributed by atoms with van der Waals surface area (Å²) in [5.74, 6) is -1.46. The molecule has 0 radical (unpaired) electrons. The van der Waals surface area contributed by atoms with E-state index in [0.717, 1.165) is 0 Å². The van der Waals surface area contributed by atoms with E-state index >= 15 is 0 Å². The van der Waals surface area contributed by atoms with Gasteiger partial charge in [0.2, 0.25) is 5.91 Å². The van der Waals surface area contributed by atoms with E-state index in [0.29, 0.717) is 11.4 Å². The summed E-state index contributed by atoms with van der Waals surface area (Å²) in [6.07, 6.45) is 0.716. The summed E-state index contributed by atoms with van der Waals surface area (Å²) < 4.78 is 0. The van der Waals surface area contributed by atoms with Gasteiger partial charge in [0, 0.05) is 18.7 Å². The van der Waals surface area contributed by atoms with Crippen molar-refractivity contribution >= 4 is 17.6 Å². The lowest BCUT2D eigenvalue weighted by atomic mass is 10.2. The van der Waals surface area contributed by atoms with Crippen LogP contribution >= 0.6 is 0 Å². The molecule has 1 aromatic heterocycles. The molecule has 1 amide bonds. The minimum atomic E-state index is -1.10.